The van der Waals surface area contributed by atoms with Gasteiger partial charge in [-0.05, 0) is 6.08 Å². The first kappa shape index (κ1) is 6.37. The van der Waals surface area contributed by atoms with Gasteiger partial charge in [-0.15, -0.1) is 11.7 Å². The van der Waals surface area contributed by atoms with Gasteiger partial charge in [0.05, 0.1) is 0 Å². The van der Waals surface area contributed by atoms with Crippen LogP contribution in [0.2, 0.25) is 0 Å². The lowest BCUT2D eigenvalue weighted by molar-refractivity contribution is 0.523. The summed E-state index contributed by atoms with van der Waals surface area (Å²) in [6, 6.07) is 0. The van der Waals surface area contributed by atoms with Crippen LogP contribution in [0.3, 0.4) is 0 Å². The largest absolute Gasteiger partial charge is 0.230 e. The van der Waals surface area contributed by atoms with E-state index in [1.165, 1.54) is 6.08 Å². The van der Waals surface area contributed by atoms with Crippen molar-refractivity contribution in [2.75, 3.05) is 0 Å². The summed E-state index contributed by atoms with van der Waals surface area (Å²) in [4.78, 5) is 0. The minimum Gasteiger partial charge on any atom is -0.230 e. The molecule has 0 heterocycles. The Morgan fingerprint density at radius 1 is 2.00 bits per heavy atom. The quantitative estimate of drug-likeness (QED) is 0.334. The Morgan fingerprint density at radius 2 is 2.50 bits per heavy atom. The van der Waals surface area contributed by atoms with Crippen molar-refractivity contribution in [1.82, 2.24) is 0 Å². The molecule has 0 aliphatic heterocycles. The lowest BCUT2D eigenvalue weighted by atomic mass is 10.7. The van der Waals surface area contributed by atoms with Gasteiger partial charge in [-0.1, -0.05) is 17.4 Å². The molecule has 0 fully saturated rings. The van der Waals surface area contributed by atoms with Crippen LogP contribution in [-0.2, 0) is 0 Å². The summed E-state index contributed by atoms with van der Waals surface area (Å²) in [5.74, 6) is 0. The van der Waals surface area contributed by atoms with Gasteiger partial charge in [0.2, 0.25) is 0 Å². The Bertz CT molecular complexity index is 46.1. The maximum absolute atomic E-state index is 11.6. The molecule has 0 saturated heterocycles. The van der Waals surface area contributed by atoms with Crippen LogP contribution in [0.15, 0.2) is 12.7 Å². The van der Waals surface area contributed by atoms with Crippen LogP contribution in [0.25, 0.3) is 0 Å². The molecule has 0 nitrogen and oxygen atoms in total. The maximum atomic E-state index is 11.6. The van der Waals surface area contributed by atoms with E-state index in [1.54, 1.807) is 0 Å². The van der Waals surface area contributed by atoms with Gasteiger partial charge in [0.15, 0.2) is 5.50 Å². The van der Waals surface area contributed by atoms with Gasteiger partial charge >= 0.3 is 0 Å². The molecule has 3 heteroatoms. The monoisotopic (exact) mass is 124 g/mol. The molecule has 0 aromatic heterocycles. The van der Waals surface area contributed by atoms with Crippen molar-refractivity contribution < 1.29 is 4.39 Å². The van der Waals surface area contributed by atoms with Crippen LogP contribution < -0.4 is 0 Å². The third kappa shape index (κ3) is 2.60. The van der Waals surface area contributed by atoms with E-state index in [1.807, 2.05) is 0 Å². The third-order valence-corrected chi connectivity index (χ3v) is 1.28. The van der Waals surface area contributed by atoms with Crippen LogP contribution in [0.4, 0.5) is 4.39 Å². The summed E-state index contributed by atoms with van der Waals surface area (Å²) < 4.78 is 11.6. The molecule has 1 atom stereocenters. The molecule has 0 bridgehead atoms. The van der Waals surface area contributed by atoms with Gasteiger partial charge in [0.25, 0.3) is 0 Å². The lowest BCUT2D eigenvalue weighted by Gasteiger charge is -1.88. The first-order valence-corrected chi connectivity index (χ1v) is 3.31. The van der Waals surface area contributed by atoms with Crippen LogP contribution in [0, 0.1) is 0 Å². The number of hydrogen-bond acceptors (Lipinski definition) is 2. The molecule has 0 aliphatic rings. The Kier molecular flexibility index (Phi) is 3.78. The normalized spacial score (nSPS) is 13.7. The van der Waals surface area contributed by atoms with E-state index in [9.17, 15) is 4.39 Å². The number of halogens is 1. The van der Waals surface area contributed by atoms with Crippen molar-refractivity contribution in [2.24, 2.45) is 0 Å². The lowest BCUT2D eigenvalue weighted by Crippen LogP contribution is -1.76. The molecule has 36 valence electrons. The average Bonchev–Trinajstić information content (AvgIpc) is 1.65. The molecule has 0 amide bonds. The Hall–Kier alpha value is 0.370. The summed E-state index contributed by atoms with van der Waals surface area (Å²) in [7, 11) is 0.834. The Balaban J connectivity index is 2.96. The number of rotatable bonds is 2. The molecule has 0 spiro atoms. The molecule has 0 aliphatic carbocycles. The predicted octanol–water partition coefficient (Wildman–Crippen LogP) is 2.05. The van der Waals surface area contributed by atoms with E-state index in [4.69, 9.17) is 0 Å². The second-order valence-corrected chi connectivity index (χ2v) is 1.99. The van der Waals surface area contributed by atoms with E-state index >= 15 is 0 Å². The first-order valence-electron chi connectivity index (χ1n) is 1.38. The molecular formula is C3H5FS2. The molecule has 6 heavy (non-hydrogen) atoms. The van der Waals surface area contributed by atoms with Gasteiger partial charge in [0, 0.05) is 0 Å². The van der Waals surface area contributed by atoms with Crippen LogP contribution in [0.1, 0.15) is 0 Å². The standard InChI is InChI=1S/C3H5FS2/c1-2-3(4)6-5/h2-3,5H,1H2. The number of alkyl halides is 1. The summed E-state index contributed by atoms with van der Waals surface area (Å²) in [5.41, 5.74) is -1.02. The van der Waals surface area contributed by atoms with Crippen molar-refractivity contribution in [3.05, 3.63) is 12.7 Å². The summed E-state index contributed by atoms with van der Waals surface area (Å²) >= 11 is 3.57. The summed E-state index contributed by atoms with van der Waals surface area (Å²) in [6.07, 6.45) is 1.19. The van der Waals surface area contributed by atoms with Gasteiger partial charge in [-0.25, -0.2) is 4.39 Å². The van der Waals surface area contributed by atoms with E-state index in [2.05, 4.69) is 18.2 Å². The Morgan fingerprint density at radius 3 is 2.50 bits per heavy atom. The highest BCUT2D eigenvalue weighted by Gasteiger charge is 1.91. The minimum atomic E-state index is -1.02. The molecule has 0 rings (SSSR count). The Labute approximate surface area is 45.6 Å². The van der Waals surface area contributed by atoms with Crippen LogP contribution in [0.5, 0.6) is 0 Å². The van der Waals surface area contributed by atoms with E-state index < -0.39 is 5.50 Å². The maximum Gasteiger partial charge on any atom is 0.173 e. The molecule has 0 aromatic rings. The van der Waals surface area contributed by atoms with Gasteiger partial charge in [-0.3, -0.25) is 0 Å². The molecule has 0 saturated carbocycles. The molecule has 0 radical (unpaired) electrons. The summed E-state index contributed by atoms with van der Waals surface area (Å²) in [5, 5.41) is 0. The highest BCUT2D eigenvalue weighted by atomic mass is 33.1. The van der Waals surface area contributed by atoms with Gasteiger partial charge in [0.1, 0.15) is 0 Å². The minimum absolute atomic E-state index is 0.834. The van der Waals surface area contributed by atoms with E-state index in [0.29, 0.717) is 0 Å². The fraction of sp³-hybridized carbons (Fsp3) is 0.333. The molecular weight excluding hydrogens is 119 g/mol. The number of thiol groups is 1. The van der Waals surface area contributed by atoms with Crippen molar-refractivity contribution >= 4 is 22.5 Å². The second kappa shape index (κ2) is 3.56. The van der Waals surface area contributed by atoms with E-state index in [-0.39, 0.29) is 0 Å². The van der Waals surface area contributed by atoms with Crippen molar-refractivity contribution in [2.45, 2.75) is 5.50 Å². The zero-order chi connectivity index (χ0) is 4.99. The van der Waals surface area contributed by atoms with Crippen molar-refractivity contribution in [3.8, 4) is 0 Å². The fourth-order valence-electron chi connectivity index (χ4n) is 0.0430. The fourth-order valence-corrected chi connectivity index (χ4v) is 0.387. The van der Waals surface area contributed by atoms with Gasteiger partial charge < -0.3 is 0 Å². The molecule has 0 N–H and O–H groups in total. The van der Waals surface area contributed by atoms with E-state index in [0.717, 1.165) is 10.8 Å². The van der Waals surface area contributed by atoms with Crippen LogP contribution >= 0.6 is 22.5 Å². The topological polar surface area (TPSA) is 0 Å². The van der Waals surface area contributed by atoms with Gasteiger partial charge in [-0.2, -0.15) is 0 Å². The predicted molar refractivity (Wildman–Crippen MR) is 31.7 cm³/mol. The van der Waals surface area contributed by atoms with Crippen molar-refractivity contribution in [1.29, 1.82) is 0 Å². The zero-order valence-electron chi connectivity index (χ0n) is 3.10. The highest BCUT2D eigenvalue weighted by molar-refractivity contribution is 8.68. The first-order chi connectivity index (χ1) is 2.81. The smallest absolute Gasteiger partial charge is 0.173 e. The third-order valence-electron chi connectivity index (χ3n) is 0.286. The summed E-state index contributed by atoms with van der Waals surface area (Å²) in [6.45, 7) is 3.19. The number of hydrogen-bond donors (Lipinski definition) is 1. The molecule has 1 unspecified atom stereocenters. The highest BCUT2D eigenvalue weighted by Crippen LogP contribution is 2.15. The SMILES string of the molecule is C=CC(F)SS. The second-order valence-electron chi connectivity index (χ2n) is 0.692. The van der Waals surface area contributed by atoms with Crippen LogP contribution in [-0.4, -0.2) is 5.50 Å². The van der Waals surface area contributed by atoms with Crippen molar-refractivity contribution in [3.63, 3.8) is 0 Å². The molecule has 0 aromatic carbocycles. The zero-order valence-corrected chi connectivity index (χ0v) is 4.81. The average molecular weight is 124 g/mol.